The Bertz CT molecular complexity index is 1230. The SMILES string of the molecule is CC1(C)CC(=O)N([C@H](c2cccnc2)[C@@H]2C[C@H]2C(=O)N[C@@H]2CC(C)(C)Oc3cc(Cl)ccc32)C(N)=N1. The molecule has 3 aliphatic rings. The molecule has 2 amide bonds. The van der Waals surface area contributed by atoms with Gasteiger partial charge in [-0.1, -0.05) is 23.7 Å². The molecular weight excluding hydrogens is 478 g/mol. The van der Waals surface area contributed by atoms with Crippen LogP contribution in [0.4, 0.5) is 0 Å². The molecule has 0 saturated heterocycles. The van der Waals surface area contributed by atoms with Gasteiger partial charge in [0.05, 0.1) is 24.0 Å². The summed E-state index contributed by atoms with van der Waals surface area (Å²) in [4.78, 5) is 37.1. The average molecular weight is 510 g/mol. The van der Waals surface area contributed by atoms with E-state index in [1.54, 1.807) is 23.4 Å². The molecule has 1 saturated carbocycles. The molecule has 0 unspecified atom stereocenters. The van der Waals surface area contributed by atoms with Crippen LogP contribution >= 0.6 is 11.6 Å². The molecule has 9 heteroatoms. The summed E-state index contributed by atoms with van der Waals surface area (Å²) in [7, 11) is 0. The topological polar surface area (TPSA) is 110 Å². The van der Waals surface area contributed by atoms with Gasteiger partial charge in [0.15, 0.2) is 5.96 Å². The number of nitrogens with one attached hydrogen (secondary N) is 1. The normalized spacial score (nSPS) is 26.8. The number of aliphatic imine (C=N–C) groups is 1. The number of halogens is 1. The molecule has 2 aliphatic heterocycles. The van der Waals surface area contributed by atoms with Gasteiger partial charge in [0.25, 0.3) is 0 Å². The van der Waals surface area contributed by atoms with E-state index in [-0.39, 0.29) is 42.1 Å². The fourth-order valence-electron chi connectivity index (χ4n) is 5.52. The van der Waals surface area contributed by atoms with Crippen LogP contribution in [0.2, 0.25) is 5.02 Å². The third kappa shape index (κ3) is 4.78. The second-order valence-electron chi connectivity index (χ2n) is 11.3. The number of carbonyl (C=O) groups excluding carboxylic acids is 2. The standard InChI is InChI=1S/C27H32ClN5O3/c1-26(2)13-22(34)33(25(29)32-26)23(15-6-5-9-30-14-15)18-11-19(18)24(35)31-20-12-27(3,4)36-21-10-16(28)7-8-17(20)21/h5-10,14,18-20,23H,11-13H2,1-4H3,(H2,29,32)(H,31,35)/t18-,19-,20-,23-/m1/s1. The number of nitrogens with two attached hydrogens (primary N) is 1. The maximum absolute atomic E-state index is 13.5. The van der Waals surface area contributed by atoms with E-state index < -0.39 is 17.2 Å². The van der Waals surface area contributed by atoms with Crippen molar-refractivity contribution in [3.63, 3.8) is 0 Å². The van der Waals surface area contributed by atoms with Crippen LogP contribution in [0.1, 0.15) is 70.2 Å². The number of amides is 2. The van der Waals surface area contributed by atoms with Crippen molar-refractivity contribution >= 4 is 29.4 Å². The summed E-state index contributed by atoms with van der Waals surface area (Å²) in [5.74, 6) is 0.392. The maximum Gasteiger partial charge on any atom is 0.232 e. The van der Waals surface area contributed by atoms with Gasteiger partial charge in [-0.05, 0) is 63.8 Å². The Morgan fingerprint density at radius 2 is 2.06 bits per heavy atom. The first-order valence-corrected chi connectivity index (χ1v) is 12.7. The van der Waals surface area contributed by atoms with Crippen LogP contribution < -0.4 is 15.8 Å². The summed E-state index contributed by atoms with van der Waals surface area (Å²) >= 11 is 6.19. The van der Waals surface area contributed by atoms with Crippen LogP contribution in [-0.2, 0) is 9.59 Å². The zero-order valence-corrected chi connectivity index (χ0v) is 21.7. The van der Waals surface area contributed by atoms with Crippen molar-refractivity contribution in [3.05, 3.63) is 58.9 Å². The molecule has 1 aromatic carbocycles. The number of fused-ring (bicyclic) bond motifs is 1. The van der Waals surface area contributed by atoms with Crippen LogP contribution in [0.3, 0.4) is 0 Å². The summed E-state index contributed by atoms with van der Waals surface area (Å²) in [5, 5.41) is 3.83. The first-order valence-electron chi connectivity index (χ1n) is 12.3. The van der Waals surface area contributed by atoms with Crippen LogP contribution in [0.15, 0.2) is 47.7 Å². The van der Waals surface area contributed by atoms with Gasteiger partial charge < -0.3 is 15.8 Å². The number of guanidine groups is 1. The molecule has 0 radical (unpaired) electrons. The van der Waals surface area contributed by atoms with E-state index in [2.05, 4.69) is 15.3 Å². The van der Waals surface area contributed by atoms with Gasteiger partial charge in [0.2, 0.25) is 11.8 Å². The summed E-state index contributed by atoms with van der Waals surface area (Å²) < 4.78 is 6.11. The van der Waals surface area contributed by atoms with Gasteiger partial charge in [0, 0.05) is 35.3 Å². The zero-order chi connectivity index (χ0) is 25.8. The number of benzene rings is 1. The number of pyridine rings is 1. The van der Waals surface area contributed by atoms with E-state index in [1.165, 1.54) is 0 Å². The number of carbonyl (C=O) groups is 2. The van der Waals surface area contributed by atoms with Crippen molar-refractivity contribution in [2.75, 3.05) is 0 Å². The molecule has 36 heavy (non-hydrogen) atoms. The number of rotatable bonds is 5. The summed E-state index contributed by atoms with van der Waals surface area (Å²) in [6, 6.07) is 8.66. The van der Waals surface area contributed by atoms with E-state index in [0.29, 0.717) is 23.6 Å². The van der Waals surface area contributed by atoms with Crippen molar-refractivity contribution in [3.8, 4) is 5.75 Å². The molecule has 2 aromatic rings. The lowest BCUT2D eigenvalue weighted by Crippen LogP contribution is -2.52. The molecule has 0 bridgehead atoms. The van der Waals surface area contributed by atoms with Crippen LogP contribution in [0.5, 0.6) is 5.75 Å². The molecule has 8 nitrogen and oxygen atoms in total. The predicted molar refractivity (Wildman–Crippen MR) is 137 cm³/mol. The van der Waals surface area contributed by atoms with Crippen molar-refractivity contribution < 1.29 is 14.3 Å². The van der Waals surface area contributed by atoms with Crippen LogP contribution in [0, 0.1) is 11.8 Å². The third-order valence-corrected chi connectivity index (χ3v) is 7.39. The Labute approximate surface area is 216 Å². The van der Waals surface area contributed by atoms with Crippen molar-refractivity contribution in [2.24, 2.45) is 22.6 Å². The number of hydrogen-bond donors (Lipinski definition) is 2. The van der Waals surface area contributed by atoms with Gasteiger partial charge in [0.1, 0.15) is 11.4 Å². The number of aromatic nitrogens is 1. The summed E-state index contributed by atoms with van der Waals surface area (Å²) in [6.07, 6.45) is 4.96. The van der Waals surface area contributed by atoms with E-state index in [1.807, 2.05) is 52.0 Å². The minimum atomic E-state index is -0.552. The maximum atomic E-state index is 13.5. The number of ether oxygens (including phenoxy) is 1. The van der Waals surface area contributed by atoms with Crippen LogP contribution in [0.25, 0.3) is 0 Å². The molecule has 3 heterocycles. The first kappa shape index (κ1) is 24.6. The second kappa shape index (κ2) is 8.76. The molecule has 1 aromatic heterocycles. The number of nitrogens with zero attached hydrogens (tertiary/aromatic N) is 3. The molecule has 1 fully saturated rings. The lowest BCUT2D eigenvalue weighted by molar-refractivity contribution is -0.132. The van der Waals surface area contributed by atoms with E-state index in [9.17, 15) is 9.59 Å². The monoisotopic (exact) mass is 509 g/mol. The van der Waals surface area contributed by atoms with Gasteiger partial charge in [-0.25, -0.2) is 4.99 Å². The molecule has 3 N–H and O–H groups in total. The summed E-state index contributed by atoms with van der Waals surface area (Å²) in [6.45, 7) is 7.78. The van der Waals surface area contributed by atoms with E-state index in [0.717, 1.165) is 11.1 Å². The Morgan fingerprint density at radius 3 is 2.75 bits per heavy atom. The van der Waals surface area contributed by atoms with Gasteiger partial charge in [-0.15, -0.1) is 0 Å². The minimum Gasteiger partial charge on any atom is -0.487 e. The Kier molecular flexibility index (Phi) is 5.98. The van der Waals surface area contributed by atoms with Crippen molar-refractivity contribution in [1.29, 1.82) is 0 Å². The van der Waals surface area contributed by atoms with E-state index >= 15 is 0 Å². The highest BCUT2D eigenvalue weighted by molar-refractivity contribution is 6.30. The van der Waals surface area contributed by atoms with Gasteiger partial charge in [-0.2, -0.15) is 0 Å². The quantitative estimate of drug-likeness (QED) is 0.629. The van der Waals surface area contributed by atoms with Gasteiger partial charge in [-0.3, -0.25) is 19.5 Å². The van der Waals surface area contributed by atoms with Crippen molar-refractivity contribution in [1.82, 2.24) is 15.2 Å². The molecule has 5 rings (SSSR count). The summed E-state index contributed by atoms with van der Waals surface area (Å²) in [5.41, 5.74) is 7.08. The highest BCUT2D eigenvalue weighted by atomic mass is 35.5. The number of hydrogen-bond acceptors (Lipinski definition) is 6. The Balaban J connectivity index is 1.39. The molecule has 190 valence electrons. The fraction of sp³-hybridized carbons (Fsp3) is 0.481. The second-order valence-corrected chi connectivity index (χ2v) is 11.7. The Hall–Kier alpha value is -3.13. The van der Waals surface area contributed by atoms with Crippen molar-refractivity contribution in [2.45, 2.75) is 70.2 Å². The third-order valence-electron chi connectivity index (χ3n) is 7.15. The lowest BCUT2D eigenvalue weighted by atomic mass is 9.89. The Morgan fingerprint density at radius 1 is 1.28 bits per heavy atom. The van der Waals surface area contributed by atoms with Crippen LogP contribution in [-0.4, -0.2) is 38.8 Å². The zero-order valence-electron chi connectivity index (χ0n) is 21.0. The molecule has 4 atom stereocenters. The molecular formula is C27H32ClN5O3. The van der Waals surface area contributed by atoms with Gasteiger partial charge >= 0.3 is 0 Å². The fourth-order valence-corrected chi connectivity index (χ4v) is 5.68. The smallest absolute Gasteiger partial charge is 0.232 e. The predicted octanol–water partition coefficient (Wildman–Crippen LogP) is 4.16. The largest absolute Gasteiger partial charge is 0.487 e. The molecule has 1 aliphatic carbocycles. The molecule has 0 spiro atoms. The van der Waals surface area contributed by atoms with E-state index in [4.69, 9.17) is 22.1 Å². The first-order chi connectivity index (χ1) is 16.9. The lowest BCUT2D eigenvalue weighted by Gasteiger charge is -2.38. The minimum absolute atomic E-state index is 0.0437. The average Bonchev–Trinajstić information content (AvgIpc) is 3.55. The highest BCUT2D eigenvalue weighted by Gasteiger charge is 2.53. The highest BCUT2D eigenvalue weighted by Crippen LogP contribution is 2.51.